The summed E-state index contributed by atoms with van der Waals surface area (Å²) in [7, 11) is 0. The van der Waals surface area contributed by atoms with Crippen molar-refractivity contribution in [1.29, 1.82) is 0 Å². The van der Waals surface area contributed by atoms with Crippen LogP contribution in [0.25, 0.3) is 0 Å². The van der Waals surface area contributed by atoms with E-state index in [-0.39, 0.29) is 5.91 Å². The van der Waals surface area contributed by atoms with Crippen molar-refractivity contribution in [2.75, 3.05) is 17.2 Å². The van der Waals surface area contributed by atoms with Crippen molar-refractivity contribution >= 4 is 17.3 Å². The number of carbonyl (C=O) groups is 1. The van der Waals surface area contributed by atoms with E-state index in [1.165, 1.54) is 5.56 Å². The maximum absolute atomic E-state index is 12.4. The Labute approximate surface area is 112 Å². The zero-order valence-corrected chi connectivity index (χ0v) is 10.7. The smallest absolute Gasteiger partial charge is 0.231 e. The van der Waals surface area contributed by atoms with Gasteiger partial charge in [-0.05, 0) is 35.7 Å². The summed E-state index contributed by atoms with van der Waals surface area (Å²) in [6, 6.07) is 15.6. The van der Waals surface area contributed by atoms with E-state index < -0.39 is 0 Å². The lowest BCUT2D eigenvalue weighted by molar-refractivity contribution is -0.117. The van der Waals surface area contributed by atoms with E-state index in [1.54, 1.807) is 0 Å². The van der Waals surface area contributed by atoms with E-state index in [9.17, 15) is 4.79 Å². The molecular formula is C16H16N2O. The third-order valence-corrected chi connectivity index (χ3v) is 3.50. The molecule has 1 heterocycles. The van der Waals surface area contributed by atoms with Gasteiger partial charge in [0.25, 0.3) is 0 Å². The molecule has 0 aromatic heterocycles. The largest absolute Gasteiger partial charge is 0.399 e. The van der Waals surface area contributed by atoms with Gasteiger partial charge >= 0.3 is 0 Å². The third kappa shape index (κ3) is 2.32. The summed E-state index contributed by atoms with van der Waals surface area (Å²) in [5.41, 5.74) is 9.76. The lowest BCUT2D eigenvalue weighted by atomic mass is 10.1. The number of rotatable bonds is 2. The minimum Gasteiger partial charge on any atom is -0.399 e. The predicted octanol–water partition coefficient (Wildman–Crippen LogP) is 2.40. The van der Waals surface area contributed by atoms with Gasteiger partial charge in [-0.2, -0.15) is 0 Å². The summed E-state index contributed by atoms with van der Waals surface area (Å²) < 4.78 is 0. The molecule has 0 fully saturated rings. The Kier molecular flexibility index (Phi) is 2.95. The summed E-state index contributed by atoms with van der Waals surface area (Å²) >= 11 is 0. The van der Waals surface area contributed by atoms with E-state index >= 15 is 0 Å². The average Bonchev–Trinajstić information content (AvgIpc) is 2.82. The Bertz CT molecular complexity index is 607. The van der Waals surface area contributed by atoms with Gasteiger partial charge < -0.3 is 10.6 Å². The maximum Gasteiger partial charge on any atom is 0.231 e. The number of carbonyl (C=O) groups excluding carboxylic acids is 1. The molecule has 96 valence electrons. The highest BCUT2D eigenvalue weighted by Crippen LogP contribution is 2.30. The molecule has 3 rings (SSSR count). The van der Waals surface area contributed by atoms with Crippen LogP contribution in [0, 0.1) is 0 Å². The molecule has 1 amide bonds. The summed E-state index contributed by atoms with van der Waals surface area (Å²) in [6.07, 6.45) is 1.34. The van der Waals surface area contributed by atoms with Crippen LogP contribution in [-0.4, -0.2) is 12.5 Å². The van der Waals surface area contributed by atoms with Gasteiger partial charge in [0.1, 0.15) is 0 Å². The van der Waals surface area contributed by atoms with E-state index in [1.807, 2.05) is 53.4 Å². The van der Waals surface area contributed by atoms with Crippen LogP contribution in [0.15, 0.2) is 48.5 Å². The fourth-order valence-corrected chi connectivity index (χ4v) is 2.55. The minimum absolute atomic E-state index is 0.148. The normalized spacial score (nSPS) is 13.4. The van der Waals surface area contributed by atoms with Crippen molar-refractivity contribution in [3.05, 3.63) is 59.7 Å². The van der Waals surface area contributed by atoms with Gasteiger partial charge in [-0.1, -0.05) is 30.3 Å². The van der Waals surface area contributed by atoms with Crippen LogP contribution in [0.2, 0.25) is 0 Å². The number of hydrogen-bond donors (Lipinski definition) is 1. The fraction of sp³-hybridized carbons (Fsp3) is 0.188. The Morgan fingerprint density at radius 3 is 2.74 bits per heavy atom. The van der Waals surface area contributed by atoms with Crippen molar-refractivity contribution in [3.63, 3.8) is 0 Å². The first-order valence-electron chi connectivity index (χ1n) is 6.47. The molecule has 0 aliphatic carbocycles. The molecule has 0 unspecified atom stereocenters. The van der Waals surface area contributed by atoms with Crippen LogP contribution < -0.4 is 10.6 Å². The number of hydrogen-bond acceptors (Lipinski definition) is 2. The lowest BCUT2D eigenvalue weighted by Gasteiger charge is -2.17. The molecule has 1 aliphatic heterocycles. The molecule has 0 atom stereocenters. The van der Waals surface area contributed by atoms with Crippen LogP contribution in [0.5, 0.6) is 0 Å². The highest BCUT2D eigenvalue weighted by molar-refractivity contribution is 5.97. The van der Waals surface area contributed by atoms with Crippen molar-refractivity contribution in [1.82, 2.24) is 0 Å². The highest BCUT2D eigenvalue weighted by Gasteiger charge is 2.24. The number of benzene rings is 2. The SMILES string of the molecule is Nc1ccc2c(c1)CCN2C(=O)Cc1ccccc1. The van der Waals surface area contributed by atoms with Gasteiger partial charge in [0, 0.05) is 17.9 Å². The third-order valence-electron chi connectivity index (χ3n) is 3.50. The number of nitrogens with zero attached hydrogens (tertiary/aromatic N) is 1. The van der Waals surface area contributed by atoms with E-state index in [4.69, 9.17) is 5.73 Å². The number of fused-ring (bicyclic) bond motifs is 1. The second kappa shape index (κ2) is 4.76. The second-order valence-corrected chi connectivity index (χ2v) is 4.85. The monoisotopic (exact) mass is 252 g/mol. The number of nitrogens with two attached hydrogens (primary N) is 1. The van der Waals surface area contributed by atoms with Crippen molar-refractivity contribution < 1.29 is 4.79 Å². The predicted molar refractivity (Wildman–Crippen MR) is 77.1 cm³/mol. The number of nitrogen functional groups attached to an aromatic ring is 1. The molecule has 0 radical (unpaired) electrons. The molecule has 0 saturated heterocycles. The summed E-state index contributed by atoms with van der Waals surface area (Å²) in [6.45, 7) is 0.754. The van der Waals surface area contributed by atoms with E-state index in [0.717, 1.165) is 29.9 Å². The molecule has 2 N–H and O–H groups in total. The van der Waals surface area contributed by atoms with E-state index in [2.05, 4.69) is 0 Å². The van der Waals surface area contributed by atoms with E-state index in [0.29, 0.717) is 6.42 Å². The van der Waals surface area contributed by atoms with Gasteiger partial charge in [0.2, 0.25) is 5.91 Å². The zero-order chi connectivity index (χ0) is 13.2. The standard InChI is InChI=1S/C16H16N2O/c17-14-6-7-15-13(11-14)8-9-18(15)16(19)10-12-4-2-1-3-5-12/h1-7,11H,8-10,17H2. The molecule has 1 aliphatic rings. The Morgan fingerprint density at radius 1 is 1.16 bits per heavy atom. The van der Waals surface area contributed by atoms with Gasteiger partial charge in [0.15, 0.2) is 0 Å². The van der Waals surface area contributed by atoms with Gasteiger partial charge in [-0.25, -0.2) is 0 Å². The Balaban J connectivity index is 1.80. The topological polar surface area (TPSA) is 46.3 Å². The minimum atomic E-state index is 0.148. The van der Waals surface area contributed by atoms with Gasteiger partial charge in [-0.3, -0.25) is 4.79 Å². The molecule has 2 aromatic rings. The Morgan fingerprint density at radius 2 is 1.95 bits per heavy atom. The van der Waals surface area contributed by atoms with Crippen LogP contribution in [0.4, 0.5) is 11.4 Å². The second-order valence-electron chi connectivity index (χ2n) is 4.85. The molecule has 19 heavy (non-hydrogen) atoms. The number of anilines is 2. The molecule has 3 heteroatoms. The van der Waals surface area contributed by atoms with Crippen LogP contribution in [-0.2, 0) is 17.6 Å². The summed E-state index contributed by atoms with van der Waals surface area (Å²) in [5, 5.41) is 0. The first-order chi connectivity index (χ1) is 9.24. The first kappa shape index (κ1) is 11.8. The van der Waals surface area contributed by atoms with Gasteiger partial charge in [-0.15, -0.1) is 0 Å². The van der Waals surface area contributed by atoms with Crippen molar-refractivity contribution in [2.45, 2.75) is 12.8 Å². The Hall–Kier alpha value is -2.29. The fourth-order valence-electron chi connectivity index (χ4n) is 2.55. The average molecular weight is 252 g/mol. The first-order valence-corrected chi connectivity index (χ1v) is 6.47. The molecule has 2 aromatic carbocycles. The maximum atomic E-state index is 12.4. The molecule has 0 bridgehead atoms. The zero-order valence-electron chi connectivity index (χ0n) is 10.7. The molecule has 0 spiro atoms. The lowest BCUT2D eigenvalue weighted by Crippen LogP contribution is -2.30. The summed E-state index contributed by atoms with van der Waals surface area (Å²) in [4.78, 5) is 14.2. The van der Waals surface area contributed by atoms with Crippen LogP contribution >= 0.6 is 0 Å². The molecule has 3 nitrogen and oxygen atoms in total. The number of amides is 1. The summed E-state index contributed by atoms with van der Waals surface area (Å²) in [5.74, 6) is 0.148. The van der Waals surface area contributed by atoms with Crippen molar-refractivity contribution in [2.24, 2.45) is 0 Å². The highest BCUT2D eigenvalue weighted by atomic mass is 16.2. The van der Waals surface area contributed by atoms with Crippen LogP contribution in [0.3, 0.4) is 0 Å². The molecular weight excluding hydrogens is 236 g/mol. The molecule has 0 saturated carbocycles. The van der Waals surface area contributed by atoms with Crippen molar-refractivity contribution in [3.8, 4) is 0 Å². The quantitative estimate of drug-likeness (QED) is 0.834. The van der Waals surface area contributed by atoms with Gasteiger partial charge in [0.05, 0.1) is 6.42 Å². The van der Waals surface area contributed by atoms with Crippen LogP contribution in [0.1, 0.15) is 11.1 Å².